The van der Waals surface area contributed by atoms with Gasteiger partial charge in [0.25, 0.3) is 5.91 Å². The molecule has 7 heteroatoms. The van der Waals surface area contributed by atoms with Crippen LogP contribution in [0.15, 0.2) is 12.1 Å². The van der Waals surface area contributed by atoms with E-state index in [2.05, 4.69) is 15.5 Å². The fourth-order valence-corrected chi connectivity index (χ4v) is 2.39. The summed E-state index contributed by atoms with van der Waals surface area (Å²) in [5.41, 5.74) is -0.728. The zero-order chi connectivity index (χ0) is 14.8. The van der Waals surface area contributed by atoms with Gasteiger partial charge >= 0.3 is 5.97 Å². The third-order valence-corrected chi connectivity index (χ3v) is 3.60. The Bertz CT molecular complexity index is 517. The van der Waals surface area contributed by atoms with E-state index in [1.165, 1.54) is 0 Å². The Morgan fingerprint density at radius 3 is 2.75 bits per heavy atom. The summed E-state index contributed by atoms with van der Waals surface area (Å²) in [6, 6.07) is 3.21. The van der Waals surface area contributed by atoms with Gasteiger partial charge in [0.05, 0.1) is 0 Å². The molecule has 2 rings (SSSR count). The Kier molecular flexibility index (Phi) is 3.87. The van der Waals surface area contributed by atoms with E-state index in [1.54, 1.807) is 24.0 Å². The lowest BCUT2D eigenvalue weighted by molar-refractivity contribution is -0.142. The quantitative estimate of drug-likeness (QED) is 0.840. The lowest BCUT2D eigenvalue weighted by atomic mass is 9.99. The first-order valence-corrected chi connectivity index (χ1v) is 6.62. The lowest BCUT2D eigenvalue weighted by Gasteiger charge is -2.31. The molecule has 1 amide bonds. The highest BCUT2D eigenvalue weighted by atomic mass is 16.4. The molecule has 2 N–H and O–H groups in total. The van der Waals surface area contributed by atoms with Crippen LogP contribution in [0.4, 0.5) is 5.82 Å². The molecule has 0 aromatic carbocycles. The van der Waals surface area contributed by atoms with Gasteiger partial charge in [0.2, 0.25) is 0 Å². The van der Waals surface area contributed by atoms with E-state index >= 15 is 0 Å². The van der Waals surface area contributed by atoms with E-state index in [4.69, 9.17) is 0 Å². The minimum absolute atomic E-state index is 0.229. The number of hydrogen-bond acceptors (Lipinski definition) is 5. The monoisotopic (exact) mass is 278 g/mol. The lowest BCUT2D eigenvalue weighted by Crippen LogP contribution is -2.48. The SMILES string of the molecule is CCNC(=O)c1ccc(N2CCCC2(C)C(=O)O)nn1. The summed E-state index contributed by atoms with van der Waals surface area (Å²) in [5, 5.41) is 19.9. The van der Waals surface area contributed by atoms with Crippen molar-refractivity contribution in [1.82, 2.24) is 15.5 Å². The smallest absolute Gasteiger partial charge is 0.329 e. The summed E-state index contributed by atoms with van der Waals surface area (Å²) in [6.07, 6.45) is 1.37. The van der Waals surface area contributed by atoms with Crippen molar-refractivity contribution in [2.75, 3.05) is 18.0 Å². The molecule has 2 heterocycles. The van der Waals surface area contributed by atoms with Gasteiger partial charge in [-0.05, 0) is 38.8 Å². The van der Waals surface area contributed by atoms with Crippen molar-refractivity contribution in [3.63, 3.8) is 0 Å². The van der Waals surface area contributed by atoms with Gasteiger partial charge in [-0.2, -0.15) is 0 Å². The minimum Gasteiger partial charge on any atom is -0.480 e. The molecule has 7 nitrogen and oxygen atoms in total. The molecule has 0 radical (unpaired) electrons. The van der Waals surface area contributed by atoms with Gasteiger partial charge < -0.3 is 15.3 Å². The van der Waals surface area contributed by atoms with E-state index in [0.717, 1.165) is 6.42 Å². The number of nitrogens with one attached hydrogen (secondary N) is 1. The molecule has 1 aliphatic heterocycles. The Labute approximate surface area is 117 Å². The summed E-state index contributed by atoms with van der Waals surface area (Å²) < 4.78 is 0. The Morgan fingerprint density at radius 2 is 2.20 bits per heavy atom. The maximum absolute atomic E-state index is 11.6. The van der Waals surface area contributed by atoms with Gasteiger partial charge in [0.15, 0.2) is 11.5 Å². The fraction of sp³-hybridized carbons (Fsp3) is 0.538. The number of hydrogen-bond donors (Lipinski definition) is 2. The second kappa shape index (κ2) is 5.44. The van der Waals surface area contributed by atoms with Crippen LogP contribution in [0.1, 0.15) is 37.2 Å². The number of aliphatic carboxylic acids is 1. The van der Waals surface area contributed by atoms with Crippen LogP contribution >= 0.6 is 0 Å². The Morgan fingerprint density at radius 1 is 1.45 bits per heavy atom. The van der Waals surface area contributed by atoms with Gasteiger partial charge in [-0.15, -0.1) is 10.2 Å². The van der Waals surface area contributed by atoms with Crippen molar-refractivity contribution in [2.24, 2.45) is 0 Å². The molecule has 1 aromatic heterocycles. The maximum Gasteiger partial charge on any atom is 0.329 e. The zero-order valence-corrected chi connectivity index (χ0v) is 11.6. The number of carbonyl (C=O) groups excluding carboxylic acids is 1. The zero-order valence-electron chi connectivity index (χ0n) is 11.6. The second-order valence-electron chi connectivity index (χ2n) is 4.97. The van der Waals surface area contributed by atoms with Crippen molar-refractivity contribution in [3.8, 4) is 0 Å². The molecule has 1 saturated heterocycles. The van der Waals surface area contributed by atoms with Crippen LogP contribution in [0.25, 0.3) is 0 Å². The van der Waals surface area contributed by atoms with Crippen molar-refractivity contribution in [3.05, 3.63) is 17.8 Å². The van der Waals surface area contributed by atoms with Crippen LogP contribution in [-0.4, -0.2) is 45.8 Å². The highest BCUT2D eigenvalue weighted by Gasteiger charge is 2.44. The Balaban J connectivity index is 2.22. The molecular weight excluding hydrogens is 260 g/mol. The average molecular weight is 278 g/mol. The van der Waals surface area contributed by atoms with Gasteiger partial charge in [-0.1, -0.05) is 0 Å². The summed E-state index contributed by atoms with van der Waals surface area (Å²) in [4.78, 5) is 24.7. The van der Waals surface area contributed by atoms with E-state index in [-0.39, 0.29) is 11.6 Å². The van der Waals surface area contributed by atoms with Gasteiger partial charge in [-0.3, -0.25) is 4.79 Å². The van der Waals surface area contributed by atoms with Crippen LogP contribution < -0.4 is 10.2 Å². The largest absolute Gasteiger partial charge is 0.480 e. The third-order valence-electron chi connectivity index (χ3n) is 3.60. The molecule has 0 saturated carbocycles. The predicted molar refractivity (Wildman–Crippen MR) is 72.7 cm³/mol. The number of rotatable bonds is 4. The molecule has 1 fully saturated rings. The van der Waals surface area contributed by atoms with E-state index in [1.807, 2.05) is 6.92 Å². The first-order chi connectivity index (χ1) is 9.49. The van der Waals surface area contributed by atoms with E-state index in [0.29, 0.717) is 25.3 Å². The number of carbonyl (C=O) groups is 2. The highest BCUT2D eigenvalue weighted by molar-refractivity contribution is 5.92. The number of anilines is 1. The second-order valence-corrected chi connectivity index (χ2v) is 4.97. The number of carboxylic acid groups (broad SMARTS) is 1. The molecule has 0 bridgehead atoms. The van der Waals surface area contributed by atoms with Crippen LogP contribution in [0, 0.1) is 0 Å². The highest BCUT2D eigenvalue weighted by Crippen LogP contribution is 2.32. The van der Waals surface area contributed by atoms with Gasteiger partial charge in [-0.25, -0.2) is 4.79 Å². The van der Waals surface area contributed by atoms with Gasteiger partial charge in [0.1, 0.15) is 5.54 Å². The first kappa shape index (κ1) is 14.2. The topological polar surface area (TPSA) is 95.4 Å². The molecular formula is C13H18N4O3. The molecule has 1 aliphatic rings. The predicted octanol–water partition coefficient (Wildman–Crippen LogP) is 0.670. The number of carboxylic acids is 1. The average Bonchev–Trinajstić information content (AvgIpc) is 2.83. The van der Waals surface area contributed by atoms with Crippen LogP contribution in [0.5, 0.6) is 0 Å². The third kappa shape index (κ3) is 2.43. The minimum atomic E-state index is -0.956. The first-order valence-electron chi connectivity index (χ1n) is 6.62. The molecule has 108 valence electrons. The normalized spacial score (nSPS) is 21.8. The number of amides is 1. The molecule has 20 heavy (non-hydrogen) atoms. The molecule has 1 atom stereocenters. The van der Waals surface area contributed by atoms with Crippen molar-refractivity contribution < 1.29 is 14.7 Å². The Hall–Kier alpha value is -2.18. The van der Waals surface area contributed by atoms with Crippen molar-refractivity contribution >= 4 is 17.7 Å². The van der Waals surface area contributed by atoms with Gasteiger partial charge in [0, 0.05) is 13.1 Å². The molecule has 1 unspecified atom stereocenters. The summed E-state index contributed by atoms with van der Waals surface area (Å²) >= 11 is 0. The summed E-state index contributed by atoms with van der Waals surface area (Å²) in [7, 11) is 0. The van der Waals surface area contributed by atoms with E-state index < -0.39 is 11.5 Å². The molecule has 0 spiro atoms. The summed E-state index contributed by atoms with van der Waals surface area (Å²) in [6.45, 7) is 4.65. The van der Waals surface area contributed by atoms with Crippen LogP contribution in [-0.2, 0) is 4.79 Å². The van der Waals surface area contributed by atoms with Crippen LogP contribution in [0.2, 0.25) is 0 Å². The summed E-state index contributed by atoms with van der Waals surface area (Å²) in [5.74, 6) is -0.668. The number of aromatic nitrogens is 2. The standard InChI is InChI=1S/C13H18N4O3/c1-3-14-11(18)9-5-6-10(16-15-9)17-8-4-7-13(17,2)12(19)20/h5-6H,3-4,7-8H2,1-2H3,(H,14,18)(H,19,20). The van der Waals surface area contributed by atoms with Crippen molar-refractivity contribution in [1.29, 1.82) is 0 Å². The molecule has 1 aromatic rings. The number of nitrogens with zero attached hydrogens (tertiary/aromatic N) is 3. The van der Waals surface area contributed by atoms with Crippen LogP contribution in [0.3, 0.4) is 0 Å². The van der Waals surface area contributed by atoms with E-state index in [9.17, 15) is 14.7 Å². The molecule has 0 aliphatic carbocycles. The van der Waals surface area contributed by atoms with Crippen molar-refractivity contribution in [2.45, 2.75) is 32.2 Å². The maximum atomic E-state index is 11.6. The fourth-order valence-electron chi connectivity index (χ4n) is 2.39.